The molecule has 4 heteroatoms. The number of carbonyl (C=O) groups is 2. The Balaban J connectivity index is 1.98. The van der Waals surface area contributed by atoms with E-state index in [-0.39, 0.29) is 17.3 Å². The molecule has 4 nitrogen and oxygen atoms in total. The van der Waals surface area contributed by atoms with E-state index in [1.165, 1.54) is 7.11 Å². The van der Waals surface area contributed by atoms with Gasteiger partial charge in [-0.15, -0.1) is 0 Å². The SMILES string of the molecule is COC(=O)C[C@H]1C[C@H](C)C[C@H]2N3CCCC(=O)[C@@]12CCC3. The van der Waals surface area contributed by atoms with Gasteiger partial charge in [0.1, 0.15) is 5.78 Å². The summed E-state index contributed by atoms with van der Waals surface area (Å²) in [5.41, 5.74) is -0.268. The first-order valence-electron chi connectivity index (χ1n) is 8.42. The summed E-state index contributed by atoms with van der Waals surface area (Å²) in [6.07, 6.45) is 6.26. The Morgan fingerprint density at radius 1 is 1.33 bits per heavy atom. The molecule has 21 heavy (non-hydrogen) atoms. The Kier molecular flexibility index (Phi) is 4.08. The van der Waals surface area contributed by atoms with Crippen LogP contribution in [-0.4, -0.2) is 42.9 Å². The minimum absolute atomic E-state index is 0.156. The molecule has 0 aromatic heterocycles. The monoisotopic (exact) mass is 293 g/mol. The van der Waals surface area contributed by atoms with E-state index in [2.05, 4.69) is 11.8 Å². The second kappa shape index (κ2) is 5.71. The van der Waals surface area contributed by atoms with Gasteiger partial charge < -0.3 is 4.74 Å². The number of ether oxygens (including phenoxy) is 1. The quantitative estimate of drug-likeness (QED) is 0.734. The molecule has 2 aliphatic heterocycles. The van der Waals surface area contributed by atoms with E-state index in [1.54, 1.807) is 0 Å². The molecular weight excluding hydrogens is 266 g/mol. The van der Waals surface area contributed by atoms with Crippen molar-refractivity contribution in [1.29, 1.82) is 0 Å². The smallest absolute Gasteiger partial charge is 0.305 e. The highest BCUT2D eigenvalue weighted by atomic mass is 16.5. The number of carbonyl (C=O) groups excluding carboxylic acids is 2. The maximum absolute atomic E-state index is 13.0. The zero-order valence-electron chi connectivity index (χ0n) is 13.3. The van der Waals surface area contributed by atoms with Gasteiger partial charge in [0.15, 0.2) is 0 Å². The van der Waals surface area contributed by atoms with Crippen LogP contribution >= 0.6 is 0 Å². The van der Waals surface area contributed by atoms with Crippen molar-refractivity contribution in [2.45, 2.75) is 57.9 Å². The van der Waals surface area contributed by atoms with Crippen molar-refractivity contribution < 1.29 is 14.3 Å². The van der Waals surface area contributed by atoms with Crippen LogP contribution in [0.2, 0.25) is 0 Å². The van der Waals surface area contributed by atoms with E-state index < -0.39 is 0 Å². The number of hydrogen-bond acceptors (Lipinski definition) is 4. The lowest BCUT2D eigenvalue weighted by Crippen LogP contribution is -2.61. The van der Waals surface area contributed by atoms with E-state index in [0.29, 0.717) is 30.6 Å². The van der Waals surface area contributed by atoms with Crippen molar-refractivity contribution in [2.75, 3.05) is 20.2 Å². The van der Waals surface area contributed by atoms with Gasteiger partial charge in [0.25, 0.3) is 0 Å². The highest BCUT2D eigenvalue weighted by Gasteiger charge is 2.57. The average molecular weight is 293 g/mol. The number of piperidine rings is 1. The van der Waals surface area contributed by atoms with Gasteiger partial charge in [-0.2, -0.15) is 0 Å². The van der Waals surface area contributed by atoms with Crippen molar-refractivity contribution in [3.8, 4) is 0 Å². The Hall–Kier alpha value is -0.900. The molecule has 3 rings (SSSR count). The fraction of sp³-hybridized carbons (Fsp3) is 0.882. The second-order valence-electron chi connectivity index (χ2n) is 7.28. The molecule has 0 amide bonds. The highest BCUT2D eigenvalue weighted by Crippen LogP contribution is 2.54. The molecule has 0 radical (unpaired) electrons. The molecule has 2 saturated heterocycles. The number of ketones is 1. The lowest BCUT2D eigenvalue weighted by molar-refractivity contribution is -0.153. The van der Waals surface area contributed by atoms with Crippen LogP contribution in [0.25, 0.3) is 0 Å². The fourth-order valence-electron chi connectivity index (χ4n) is 5.28. The fourth-order valence-corrected chi connectivity index (χ4v) is 5.28. The summed E-state index contributed by atoms with van der Waals surface area (Å²) in [6, 6.07) is 0.361. The summed E-state index contributed by atoms with van der Waals surface area (Å²) < 4.78 is 4.90. The van der Waals surface area contributed by atoms with Crippen LogP contribution in [0, 0.1) is 17.3 Å². The molecule has 3 fully saturated rings. The Morgan fingerprint density at radius 2 is 2.10 bits per heavy atom. The summed E-state index contributed by atoms with van der Waals surface area (Å²) in [5, 5.41) is 0. The minimum atomic E-state index is -0.268. The number of rotatable bonds is 2. The van der Waals surface area contributed by atoms with Gasteiger partial charge in [-0.1, -0.05) is 6.92 Å². The molecule has 0 N–H and O–H groups in total. The lowest BCUT2D eigenvalue weighted by atomic mass is 9.54. The average Bonchev–Trinajstić information content (AvgIpc) is 2.54. The summed E-state index contributed by atoms with van der Waals surface area (Å²) in [6.45, 7) is 4.44. The highest BCUT2D eigenvalue weighted by molar-refractivity contribution is 5.87. The van der Waals surface area contributed by atoms with Crippen LogP contribution in [0.3, 0.4) is 0 Å². The first-order chi connectivity index (χ1) is 10.1. The third kappa shape index (κ3) is 2.41. The third-order valence-corrected chi connectivity index (χ3v) is 6.12. The summed E-state index contributed by atoms with van der Waals surface area (Å²) in [5.74, 6) is 1.03. The van der Waals surface area contributed by atoms with Crippen LogP contribution in [0.4, 0.5) is 0 Å². The number of hydrogen-bond donors (Lipinski definition) is 0. The van der Waals surface area contributed by atoms with Gasteiger partial charge >= 0.3 is 5.97 Å². The van der Waals surface area contributed by atoms with E-state index in [0.717, 1.165) is 45.2 Å². The summed E-state index contributed by atoms with van der Waals surface area (Å²) in [7, 11) is 1.45. The predicted octanol–water partition coefficient (Wildman–Crippen LogP) is 2.41. The van der Waals surface area contributed by atoms with Gasteiger partial charge in [0, 0.05) is 24.3 Å². The van der Waals surface area contributed by atoms with Crippen LogP contribution in [0.15, 0.2) is 0 Å². The van der Waals surface area contributed by atoms with Gasteiger partial charge in [-0.3, -0.25) is 14.5 Å². The van der Waals surface area contributed by atoms with E-state index in [4.69, 9.17) is 4.74 Å². The van der Waals surface area contributed by atoms with Crippen LogP contribution < -0.4 is 0 Å². The molecular formula is C17H27NO3. The molecule has 1 unspecified atom stereocenters. The van der Waals surface area contributed by atoms with Crippen LogP contribution in [0.1, 0.15) is 51.9 Å². The van der Waals surface area contributed by atoms with Crippen molar-refractivity contribution in [2.24, 2.45) is 17.3 Å². The molecule has 2 heterocycles. The molecule has 118 valence electrons. The number of nitrogens with zero attached hydrogens (tertiary/aromatic N) is 1. The summed E-state index contributed by atoms with van der Waals surface area (Å²) in [4.78, 5) is 27.4. The maximum atomic E-state index is 13.0. The topological polar surface area (TPSA) is 46.6 Å². The third-order valence-electron chi connectivity index (χ3n) is 6.12. The van der Waals surface area contributed by atoms with Crippen LogP contribution in [-0.2, 0) is 14.3 Å². The Labute approximate surface area is 127 Å². The van der Waals surface area contributed by atoms with Crippen molar-refractivity contribution >= 4 is 11.8 Å². The minimum Gasteiger partial charge on any atom is -0.469 e. The standard InChI is InChI=1S/C17H27NO3/c1-12-9-13(11-16(20)21-2)17-6-4-8-18(14(17)10-12)7-3-5-15(17)19/h12-14H,3-11H2,1-2H3/t12-,13+,14+,17-/m0/s1. The van der Waals surface area contributed by atoms with E-state index in [1.807, 2.05) is 0 Å². The number of methoxy groups -OCH3 is 1. The largest absolute Gasteiger partial charge is 0.469 e. The Morgan fingerprint density at radius 3 is 2.86 bits per heavy atom. The molecule has 1 saturated carbocycles. The van der Waals surface area contributed by atoms with Gasteiger partial charge in [0.05, 0.1) is 7.11 Å². The zero-order valence-corrected chi connectivity index (χ0v) is 13.3. The molecule has 5 atom stereocenters. The number of Topliss-reactive ketones (excluding diaryl/α,β-unsaturated/α-hetero) is 1. The Bertz CT molecular complexity index is 436. The van der Waals surface area contributed by atoms with Gasteiger partial charge in [0.2, 0.25) is 0 Å². The molecule has 1 aliphatic carbocycles. The van der Waals surface area contributed by atoms with Crippen molar-refractivity contribution in [3.05, 3.63) is 0 Å². The maximum Gasteiger partial charge on any atom is 0.305 e. The van der Waals surface area contributed by atoms with Crippen LogP contribution in [0.5, 0.6) is 0 Å². The predicted molar refractivity (Wildman–Crippen MR) is 79.8 cm³/mol. The first-order valence-corrected chi connectivity index (χ1v) is 8.42. The molecule has 2 bridgehead atoms. The summed E-state index contributed by atoms with van der Waals surface area (Å²) >= 11 is 0. The van der Waals surface area contributed by atoms with E-state index in [9.17, 15) is 9.59 Å². The molecule has 0 spiro atoms. The van der Waals surface area contributed by atoms with E-state index >= 15 is 0 Å². The van der Waals surface area contributed by atoms with Gasteiger partial charge in [-0.25, -0.2) is 0 Å². The van der Waals surface area contributed by atoms with Crippen molar-refractivity contribution in [1.82, 2.24) is 4.90 Å². The number of esters is 1. The normalized spacial score (nSPS) is 42.9. The molecule has 0 aromatic carbocycles. The zero-order chi connectivity index (χ0) is 15.0. The lowest BCUT2D eigenvalue weighted by Gasteiger charge is -2.55. The van der Waals surface area contributed by atoms with Gasteiger partial charge in [-0.05, 0) is 57.0 Å². The van der Waals surface area contributed by atoms with Crippen molar-refractivity contribution in [3.63, 3.8) is 0 Å². The molecule has 3 aliphatic rings. The first kappa shape index (κ1) is 15.0. The second-order valence-corrected chi connectivity index (χ2v) is 7.28. The molecule has 0 aromatic rings.